The van der Waals surface area contributed by atoms with Crippen molar-refractivity contribution in [3.63, 3.8) is 0 Å². The van der Waals surface area contributed by atoms with Gasteiger partial charge in [-0.05, 0) is 77.0 Å². The van der Waals surface area contributed by atoms with Crippen LogP contribution < -0.4 is 20.1 Å². The minimum atomic E-state index is -4.42. The van der Waals surface area contributed by atoms with Gasteiger partial charge in [0.15, 0.2) is 64.9 Å². The lowest BCUT2D eigenvalue weighted by Crippen LogP contribution is -2.40. The summed E-state index contributed by atoms with van der Waals surface area (Å²) >= 11 is 6.04. The van der Waals surface area contributed by atoms with E-state index in [0.717, 1.165) is 6.33 Å². The first-order valence-electron chi connectivity index (χ1n) is 26.7. The largest absolute Gasteiger partial charge is 0.695 e. The van der Waals surface area contributed by atoms with Crippen molar-refractivity contribution < 1.29 is 69.6 Å². The summed E-state index contributed by atoms with van der Waals surface area (Å²) in [6, 6.07) is 42.3. The maximum atomic E-state index is 18.2. The molecule has 3 N–H and O–H groups in total. The molecular weight excluding hydrogens is 1190 g/mol. The van der Waals surface area contributed by atoms with Crippen LogP contribution in [0.2, 0.25) is 0 Å². The van der Waals surface area contributed by atoms with Gasteiger partial charge < -0.3 is 43.4 Å². The summed E-state index contributed by atoms with van der Waals surface area (Å²) in [7, 11) is -0.376. The molecule has 24 nitrogen and oxygen atoms in total. The summed E-state index contributed by atoms with van der Waals surface area (Å²) in [4.78, 5) is 62.5. The highest BCUT2D eigenvalue weighted by atomic mass is 32.5. The molecule has 2 aliphatic heterocycles. The van der Waals surface area contributed by atoms with Gasteiger partial charge in [0.25, 0.3) is 11.8 Å². The molecule has 2 saturated heterocycles. The topological polar surface area (TPSA) is 290 Å². The van der Waals surface area contributed by atoms with E-state index in [1.54, 1.807) is 99.1 Å². The fraction of sp³-hybridized carbons (Fsp3) is 0.259. The van der Waals surface area contributed by atoms with Gasteiger partial charge in [-0.2, -0.15) is 5.26 Å². The first kappa shape index (κ1) is 60.2. The molecule has 5 aromatic carbocycles. The number of ether oxygens (including phenoxy) is 5. The number of halogens is 2. The monoisotopic (exact) mass is 1240 g/mol. The molecule has 10 atom stereocenters. The van der Waals surface area contributed by atoms with E-state index in [0.29, 0.717) is 39.3 Å². The van der Waals surface area contributed by atoms with Gasteiger partial charge in [0.2, 0.25) is 0 Å². The zero-order valence-electron chi connectivity index (χ0n) is 46.0. The lowest BCUT2D eigenvalue weighted by atomic mass is 9.80. The second-order valence-corrected chi connectivity index (χ2v) is 23.1. The van der Waals surface area contributed by atoms with Crippen molar-refractivity contribution >= 4 is 72.6 Å². The van der Waals surface area contributed by atoms with Crippen LogP contribution in [0.25, 0.3) is 22.3 Å². The van der Waals surface area contributed by atoms with E-state index in [2.05, 4.69) is 40.5 Å². The standard InChI is InChI=1S/C58H51F2N11O13P2S/c1-76-40-23-19-38(20-24-40)58(37-17-10-5-11-18-37,39-21-25-41(77-2)26-22-39)78-29-43-48(45(60)56(82-43)70-33-66-46-50(62-31-64-52(46)70)68-54(72)35-13-6-3-7-14-35)84-86(87,79-28-12-27-61)80-30-42-44(59)49(83-85(74)75)57(81-42)71-34-67-47-51(63-32-65-53(47)71)69-55(73)36-15-8-4-9-16-36/h3-11,13-26,31-34,42-45,48-49,56-57H,12,28-30H2,1-2H3,(H2-,62,63,64,65,68,69,72,73,74,75)/p+1/t42-,43-,44+,45-,48-,49-,56-,57-,86?/m1/s1. The average molecular weight is 1240 g/mol. The van der Waals surface area contributed by atoms with Crippen molar-refractivity contribution in [2.45, 2.75) is 61.2 Å². The smallest absolute Gasteiger partial charge is 0.497 e. The lowest BCUT2D eigenvalue weighted by molar-refractivity contribution is -0.0932. The Balaban J connectivity index is 0.934. The normalized spacial score (nSPS) is 21.0. The zero-order chi connectivity index (χ0) is 60.7. The van der Waals surface area contributed by atoms with Crippen LogP contribution in [0.1, 0.15) is 56.3 Å². The number of carbonyl (C=O) groups excluding carboxylic acids is 2. The molecule has 4 aromatic heterocycles. The van der Waals surface area contributed by atoms with E-state index in [-0.39, 0.29) is 40.4 Å². The van der Waals surface area contributed by atoms with E-state index < -0.39 is 101 Å². The van der Waals surface area contributed by atoms with Gasteiger partial charge in [-0.3, -0.25) is 23.2 Å². The number of hydrogen-bond donors (Lipinski definition) is 3. The van der Waals surface area contributed by atoms with Crippen LogP contribution in [0, 0.1) is 11.3 Å². The second-order valence-electron chi connectivity index (χ2n) is 19.4. The molecule has 2 fully saturated rings. The summed E-state index contributed by atoms with van der Waals surface area (Å²) in [5, 5.41) is 15.1. The molecule has 0 radical (unpaired) electrons. The molecule has 2 unspecified atom stereocenters. The van der Waals surface area contributed by atoms with Gasteiger partial charge >= 0.3 is 15.0 Å². The number of alkyl halides is 2. The van der Waals surface area contributed by atoms with Gasteiger partial charge in [-0.25, -0.2) is 38.7 Å². The van der Waals surface area contributed by atoms with E-state index in [4.69, 9.17) is 53.6 Å². The number of nitriles is 1. The molecule has 29 heteroatoms. The summed E-state index contributed by atoms with van der Waals surface area (Å²) in [6.07, 6.45) is -9.79. The number of anilines is 2. The number of rotatable bonds is 24. The summed E-state index contributed by atoms with van der Waals surface area (Å²) in [6.45, 7) is -6.08. The van der Waals surface area contributed by atoms with Gasteiger partial charge in [0, 0.05) is 15.7 Å². The molecular formula is C58H52F2N11O13P2S+. The third-order valence-electron chi connectivity index (χ3n) is 14.3. The fourth-order valence-corrected chi connectivity index (χ4v) is 12.7. The quantitative estimate of drug-likeness (QED) is 0.0288. The number of hydrogen-bond acceptors (Lipinski definition) is 20. The van der Waals surface area contributed by atoms with Crippen molar-refractivity contribution in [2.75, 3.05) is 44.7 Å². The Labute approximate surface area is 500 Å². The molecule has 446 valence electrons. The highest BCUT2D eigenvalue weighted by molar-refractivity contribution is 8.07. The first-order chi connectivity index (χ1) is 42.3. The Bertz CT molecular complexity index is 3950. The first-order valence-corrected chi connectivity index (χ1v) is 30.4. The number of methoxy groups -OCH3 is 2. The number of imidazole rings is 2. The van der Waals surface area contributed by atoms with Crippen LogP contribution in [0.5, 0.6) is 11.5 Å². The molecule has 2 amide bonds. The number of benzene rings is 5. The third kappa shape index (κ3) is 12.7. The van der Waals surface area contributed by atoms with E-state index in [9.17, 15) is 24.3 Å². The molecule has 2 aliphatic rings. The summed E-state index contributed by atoms with van der Waals surface area (Å²) < 4.78 is 105. The zero-order valence-corrected chi connectivity index (χ0v) is 48.6. The Morgan fingerprint density at radius 3 is 1.67 bits per heavy atom. The van der Waals surface area contributed by atoms with Crippen molar-refractivity contribution in [3.05, 3.63) is 193 Å². The Hall–Kier alpha value is -8.48. The Morgan fingerprint density at radius 1 is 0.667 bits per heavy atom. The fourth-order valence-electron chi connectivity index (χ4n) is 10.1. The van der Waals surface area contributed by atoms with E-state index >= 15 is 8.78 Å². The van der Waals surface area contributed by atoms with Crippen LogP contribution in [0.15, 0.2) is 165 Å². The summed E-state index contributed by atoms with van der Waals surface area (Å²) in [5.74, 6) is 0.114. The predicted octanol–water partition coefficient (Wildman–Crippen LogP) is 9.26. The second kappa shape index (κ2) is 26.6. The highest BCUT2D eigenvalue weighted by Gasteiger charge is 2.55. The average Bonchev–Trinajstić information content (AvgIpc) is 2.18. The molecule has 0 spiro atoms. The number of nitrogens with one attached hydrogen (secondary N) is 2. The van der Waals surface area contributed by atoms with Crippen molar-refractivity contribution in [2.24, 2.45) is 0 Å². The van der Waals surface area contributed by atoms with Crippen molar-refractivity contribution in [1.29, 1.82) is 5.26 Å². The molecule has 87 heavy (non-hydrogen) atoms. The minimum absolute atomic E-state index is 0.00727. The number of amides is 2. The third-order valence-corrected chi connectivity index (χ3v) is 17.1. The van der Waals surface area contributed by atoms with Crippen LogP contribution in [0.3, 0.4) is 0 Å². The van der Waals surface area contributed by atoms with Gasteiger partial charge in [-0.1, -0.05) is 91.0 Å². The van der Waals surface area contributed by atoms with E-state index in [1.165, 1.54) is 28.1 Å². The van der Waals surface area contributed by atoms with Crippen molar-refractivity contribution in [3.8, 4) is 17.6 Å². The highest BCUT2D eigenvalue weighted by Crippen LogP contribution is 2.56. The number of fused-ring (bicyclic) bond motifs is 2. The Morgan fingerprint density at radius 2 is 1.16 bits per heavy atom. The molecule has 11 rings (SSSR count). The molecule has 6 heterocycles. The molecule has 0 saturated carbocycles. The van der Waals surface area contributed by atoms with Crippen LogP contribution in [-0.2, 0) is 54.3 Å². The van der Waals surface area contributed by atoms with Gasteiger partial charge in [0.1, 0.15) is 48.1 Å². The van der Waals surface area contributed by atoms with Crippen LogP contribution in [0.4, 0.5) is 20.4 Å². The van der Waals surface area contributed by atoms with Gasteiger partial charge in [-0.15, -0.1) is 9.42 Å². The SMILES string of the molecule is COc1ccc(C(OC[C@H]2O[C@@H](n3cnc4c(NC(=O)c5ccccc5)ncnc43)[C@H](F)[C@@H]2OP(=S)(OCCC#N)OC[C@H]2O[C@@H](n3cnc4c(NC(=O)c5ccccc5)ncnc43)[C@H](O[P+](=O)O)[C@H]2F)(c2ccccc2)c2ccc(OC)cc2)cc1. The van der Waals surface area contributed by atoms with E-state index in [1.807, 2.05) is 60.7 Å². The molecule has 0 bridgehead atoms. The van der Waals surface area contributed by atoms with Crippen LogP contribution >= 0.6 is 15.0 Å². The maximum absolute atomic E-state index is 18.2. The molecule has 9 aromatic rings. The maximum Gasteiger partial charge on any atom is 0.695 e. The minimum Gasteiger partial charge on any atom is -0.497 e. The van der Waals surface area contributed by atoms with Crippen LogP contribution in [-0.4, -0.2) is 127 Å². The molecule has 0 aliphatic carbocycles. The lowest BCUT2D eigenvalue weighted by Gasteiger charge is -2.37. The van der Waals surface area contributed by atoms with Crippen molar-refractivity contribution in [1.82, 2.24) is 39.0 Å². The summed E-state index contributed by atoms with van der Waals surface area (Å²) in [5.41, 5.74) is 1.26. The number of nitrogens with zero attached hydrogens (tertiary/aromatic N) is 9. The number of carbonyl (C=O) groups is 2. The Kier molecular flexibility index (Phi) is 18.4. The number of aromatic nitrogens is 8. The van der Waals surface area contributed by atoms with Gasteiger partial charge in [0.05, 0.1) is 59.2 Å². The predicted molar refractivity (Wildman–Crippen MR) is 311 cm³/mol.